The number of thiol groups is 2. The first-order chi connectivity index (χ1) is 9.53. The minimum Gasteiger partial charge on any atom is -0.405 e. The van der Waals surface area contributed by atoms with Crippen LogP contribution in [0.4, 0.5) is 0 Å². The Bertz CT molecular complexity index is 620. The second-order valence-corrected chi connectivity index (χ2v) is 4.93. The monoisotopic (exact) mass is 301 g/mol. The molecule has 3 nitrogen and oxygen atoms in total. The van der Waals surface area contributed by atoms with Gasteiger partial charge < -0.3 is 5.73 Å². The lowest BCUT2D eigenvalue weighted by Gasteiger charge is -2.09. The number of rotatable bonds is 1. The van der Waals surface area contributed by atoms with E-state index in [1.807, 2.05) is 25.1 Å². The second kappa shape index (κ2) is 7.63. The van der Waals surface area contributed by atoms with Crippen molar-refractivity contribution in [1.82, 2.24) is 4.98 Å². The average molecular weight is 301 g/mol. The van der Waals surface area contributed by atoms with Gasteiger partial charge in [0.25, 0.3) is 0 Å². The first-order valence-electron chi connectivity index (χ1n) is 5.75. The molecular formula is C15H15N3S2. The molecule has 1 aromatic heterocycles. The Morgan fingerprint density at radius 2 is 2.00 bits per heavy atom. The maximum absolute atomic E-state index is 8.73. The molecule has 0 radical (unpaired) electrons. The summed E-state index contributed by atoms with van der Waals surface area (Å²) in [5.74, 6) is 0. The molecule has 1 aromatic carbocycles. The Balaban J connectivity index is 0.000000612. The molecule has 0 bridgehead atoms. The fraction of sp³-hybridized carbons (Fsp3) is 0.0667. The van der Waals surface area contributed by atoms with Crippen LogP contribution in [-0.2, 0) is 0 Å². The maximum Gasteiger partial charge on any atom is 0.101 e. The third kappa shape index (κ3) is 4.05. The minimum absolute atomic E-state index is 0.554. The zero-order valence-electron chi connectivity index (χ0n) is 11.0. The molecule has 0 unspecified atom stereocenters. The Morgan fingerprint density at radius 3 is 2.45 bits per heavy atom. The topological polar surface area (TPSA) is 62.7 Å². The first-order valence-corrected chi connectivity index (χ1v) is 6.64. The molecule has 0 fully saturated rings. The van der Waals surface area contributed by atoms with Gasteiger partial charge in [-0.25, -0.2) is 0 Å². The number of benzene rings is 1. The molecule has 102 valence electrons. The van der Waals surface area contributed by atoms with Crippen molar-refractivity contribution < 1.29 is 0 Å². The van der Waals surface area contributed by atoms with Crippen LogP contribution in [0.3, 0.4) is 0 Å². The van der Waals surface area contributed by atoms with Gasteiger partial charge in [0.2, 0.25) is 0 Å². The van der Waals surface area contributed by atoms with Crippen molar-refractivity contribution in [3.05, 3.63) is 54.4 Å². The predicted molar refractivity (Wildman–Crippen MR) is 88.0 cm³/mol. The molecule has 0 amide bonds. The van der Waals surface area contributed by atoms with Gasteiger partial charge in [-0.2, -0.15) is 5.26 Å². The van der Waals surface area contributed by atoms with E-state index in [1.54, 1.807) is 12.3 Å². The van der Waals surface area contributed by atoms with E-state index < -0.39 is 0 Å². The third-order valence-corrected chi connectivity index (χ3v) is 3.06. The van der Waals surface area contributed by atoms with Crippen LogP contribution in [-0.4, -0.2) is 4.98 Å². The summed E-state index contributed by atoms with van der Waals surface area (Å²) in [7, 11) is 0. The van der Waals surface area contributed by atoms with Gasteiger partial charge in [-0.1, -0.05) is 6.58 Å². The molecule has 1 heterocycles. The smallest absolute Gasteiger partial charge is 0.101 e. The Labute approximate surface area is 130 Å². The molecule has 5 heteroatoms. The highest BCUT2D eigenvalue weighted by Crippen LogP contribution is 2.30. The number of hydrogen-bond donors (Lipinski definition) is 3. The van der Waals surface area contributed by atoms with Gasteiger partial charge in [0, 0.05) is 21.6 Å². The highest BCUT2D eigenvalue weighted by atomic mass is 32.1. The number of hydrogen-bond acceptors (Lipinski definition) is 5. The summed E-state index contributed by atoms with van der Waals surface area (Å²) < 4.78 is 0. The summed E-state index contributed by atoms with van der Waals surface area (Å²) in [5, 5.41) is 8.73. The van der Waals surface area contributed by atoms with E-state index in [-0.39, 0.29) is 0 Å². The quantitative estimate of drug-likeness (QED) is 0.705. The van der Waals surface area contributed by atoms with Crippen molar-refractivity contribution in [2.45, 2.75) is 16.7 Å². The lowest BCUT2D eigenvalue weighted by Crippen LogP contribution is -1.90. The van der Waals surface area contributed by atoms with Gasteiger partial charge >= 0.3 is 0 Å². The molecule has 2 aromatic rings. The van der Waals surface area contributed by atoms with Crippen molar-refractivity contribution >= 4 is 25.3 Å². The molecule has 0 spiro atoms. The fourth-order valence-corrected chi connectivity index (χ4v) is 2.55. The maximum atomic E-state index is 8.73. The highest BCUT2D eigenvalue weighted by molar-refractivity contribution is 7.81. The van der Waals surface area contributed by atoms with Gasteiger partial charge in [-0.3, -0.25) is 4.98 Å². The number of aromatic nitrogens is 1. The van der Waals surface area contributed by atoms with Crippen LogP contribution in [0.2, 0.25) is 0 Å². The zero-order chi connectivity index (χ0) is 15.1. The lowest BCUT2D eigenvalue weighted by atomic mass is 10.0. The van der Waals surface area contributed by atoms with E-state index in [9.17, 15) is 0 Å². The van der Waals surface area contributed by atoms with E-state index in [1.165, 1.54) is 6.20 Å². The third-order valence-electron chi connectivity index (χ3n) is 2.45. The molecule has 0 aliphatic rings. The number of nitriles is 1. The van der Waals surface area contributed by atoms with Crippen LogP contribution < -0.4 is 5.73 Å². The van der Waals surface area contributed by atoms with Gasteiger partial charge in [-0.15, -0.1) is 25.3 Å². The molecular weight excluding hydrogens is 286 g/mol. The Kier molecular flexibility index (Phi) is 6.16. The molecule has 0 aliphatic heterocycles. The van der Waals surface area contributed by atoms with Crippen molar-refractivity contribution in [3.8, 4) is 17.3 Å². The largest absolute Gasteiger partial charge is 0.405 e. The van der Waals surface area contributed by atoms with Gasteiger partial charge in [0.05, 0.1) is 11.3 Å². The summed E-state index contributed by atoms with van der Waals surface area (Å²) in [5.41, 5.74) is 8.04. The van der Waals surface area contributed by atoms with Crippen LogP contribution in [0, 0.1) is 18.3 Å². The van der Waals surface area contributed by atoms with Crippen LogP contribution in [0.5, 0.6) is 0 Å². The van der Waals surface area contributed by atoms with E-state index in [4.69, 9.17) is 5.26 Å². The molecule has 2 rings (SSSR count). The summed E-state index contributed by atoms with van der Waals surface area (Å²) in [4.78, 5) is 5.99. The van der Waals surface area contributed by atoms with Crippen molar-refractivity contribution in [3.63, 3.8) is 0 Å². The van der Waals surface area contributed by atoms with Gasteiger partial charge in [-0.05, 0) is 43.0 Å². The number of pyridine rings is 1. The van der Waals surface area contributed by atoms with Gasteiger partial charge in [0.15, 0.2) is 0 Å². The van der Waals surface area contributed by atoms with Crippen molar-refractivity contribution in [2.24, 2.45) is 5.73 Å². The molecule has 0 aliphatic carbocycles. The Hall–Kier alpha value is -1.90. The summed E-state index contributed by atoms with van der Waals surface area (Å²) >= 11 is 8.75. The van der Waals surface area contributed by atoms with Gasteiger partial charge in [0.1, 0.15) is 6.07 Å². The standard InChI is InChI=1S/C13H10N2S2.C2H5N/c1-8-4-10(16)5-12(17)13(8)11-3-2-9(6-14)7-15-11;1-2-3/h2-5,7,16-17H,1H3;2H,1,3H2. The first kappa shape index (κ1) is 16.2. The molecule has 0 atom stereocenters. The van der Waals surface area contributed by atoms with Crippen LogP contribution in [0.15, 0.2) is 53.0 Å². The normalized spacial score (nSPS) is 9.10. The van der Waals surface area contributed by atoms with Crippen LogP contribution in [0.1, 0.15) is 11.1 Å². The van der Waals surface area contributed by atoms with Crippen LogP contribution >= 0.6 is 25.3 Å². The molecule has 0 saturated carbocycles. The lowest BCUT2D eigenvalue weighted by molar-refractivity contribution is 1.22. The molecule has 20 heavy (non-hydrogen) atoms. The number of aryl methyl sites for hydroxylation is 1. The fourth-order valence-electron chi connectivity index (χ4n) is 1.69. The Morgan fingerprint density at radius 1 is 1.35 bits per heavy atom. The van der Waals surface area contributed by atoms with Crippen molar-refractivity contribution in [2.75, 3.05) is 0 Å². The molecule has 2 N–H and O–H groups in total. The summed E-state index contributed by atoms with van der Waals surface area (Å²) in [6, 6.07) is 9.49. The van der Waals surface area contributed by atoms with E-state index in [0.717, 1.165) is 26.6 Å². The number of nitrogens with two attached hydrogens (primary N) is 1. The van der Waals surface area contributed by atoms with Crippen molar-refractivity contribution in [1.29, 1.82) is 5.26 Å². The SMILES string of the molecule is C=CN.Cc1cc(S)cc(S)c1-c1ccc(C#N)cn1. The van der Waals surface area contributed by atoms with E-state index in [2.05, 4.69) is 48.6 Å². The zero-order valence-corrected chi connectivity index (χ0v) is 12.8. The predicted octanol–water partition coefficient (Wildman–Crippen LogP) is 3.59. The number of nitrogens with zero attached hydrogens (tertiary/aromatic N) is 2. The summed E-state index contributed by atoms with van der Waals surface area (Å²) in [6.07, 6.45) is 2.82. The van der Waals surface area contributed by atoms with E-state index >= 15 is 0 Å². The highest BCUT2D eigenvalue weighted by Gasteiger charge is 2.08. The minimum atomic E-state index is 0.554. The second-order valence-electron chi connectivity index (χ2n) is 3.94. The molecule has 0 saturated heterocycles. The average Bonchev–Trinajstić information content (AvgIpc) is 2.39. The van der Waals surface area contributed by atoms with E-state index in [0.29, 0.717) is 5.56 Å². The summed E-state index contributed by atoms with van der Waals surface area (Å²) in [6.45, 7) is 5.13. The van der Waals surface area contributed by atoms with Crippen LogP contribution in [0.25, 0.3) is 11.3 Å².